The summed E-state index contributed by atoms with van der Waals surface area (Å²) in [6, 6.07) is 0. The van der Waals surface area contributed by atoms with Crippen molar-refractivity contribution in [1.29, 1.82) is 0 Å². The van der Waals surface area contributed by atoms with Crippen molar-refractivity contribution in [3.8, 4) is 0 Å². The lowest BCUT2D eigenvalue weighted by Crippen LogP contribution is -2.43. The van der Waals surface area contributed by atoms with E-state index in [0.29, 0.717) is 6.61 Å². The summed E-state index contributed by atoms with van der Waals surface area (Å²) in [6.07, 6.45) is 23.3. The standard InChI is InChI=1S/C35H67NO6/c1-4-7-10-12-14-16-21-32(22-17-15-13-11-8-5-2)41-33(38)30-35(31-34(39)42-40-29-20-9-6-3)23-26-36(27-24-35)25-18-19-28-37/h32,37H,4-31H2,1-3H3. The molecule has 1 N–H and O–H groups in total. The first-order chi connectivity index (χ1) is 20.5. The topological polar surface area (TPSA) is 85.3 Å². The lowest BCUT2D eigenvalue weighted by atomic mass is 9.73. The molecule has 0 amide bonds. The molecule has 7 heteroatoms. The molecular weight excluding hydrogens is 530 g/mol. The molecule has 0 aromatic rings. The number of aliphatic hydroxyl groups is 1. The third-order valence-corrected chi connectivity index (χ3v) is 8.88. The van der Waals surface area contributed by atoms with Gasteiger partial charge in [-0.25, -0.2) is 4.79 Å². The van der Waals surface area contributed by atoms with Crippen molar-refractivity contribution in [2.75, 3.05) is 32.8 Å². The fourth-order valence-corrected chi connectivity index (χ4v) is 6.07. The molecule has 1 aliphatic heterocycles. The quantitative estimate of drug-likeness (QED) is 0.0418. The molecule has 0 bridgehead atoms. The van der Waals surface area contributed by atoms with Gasteiger partial charge in [0.2, 0.25) is 0 Å². The number of carbonyl (C=O) groups excluding carboxylic acids is 2. The Kier molecular flexibility index (Phi) is 24.3. The first kappa shape index (κ1) is 38.8. The predicted molar refractivity (Wildman–Crippen MR) is 171 cm³/mol. The molecule has 1 rings (SSSR count). The maximum Gasteiger partial charge on any atom is 0.342 e. The van der Waals surface area contributed by atoms with Gasteiger partial charge in [0.25, 0.3) is 0 Å². The van der Waals surface area contributed by atoms with Gasteiger partial charge in [0.05, 0.1) is 19.4 Å². The highest BCUT2D eigenvalue weighted by Crippen LogP contribution is 2.39. The minimum atomic E-state index is -0.459. The summed E-state index contributed by atoms with van der Waals surface area (Å²) in [5.41, 5.74) is -0.459. The molecule has 1 saturated heterocycles. The van der Waals surface area contributed by atoms with Crippen LogP contribution in [0.1, 0.15) is 168 Å². The van der Waals surface area contributed by atoms with Crippen molar-refractivity contribution in [1.82, 2.24) is 4.90 Å². The van der Waals surface area contributed by atoms with E-state index in [2.05, 4.69) is 25.7 Å². The van der Waals surface area contributed by atoms with Crippen LogP contribution in [0, 0.1) is 5.41 Å². The average molecular weight is 598 g/mol. The maximum atomic E-state index is 13.4. The van der Waals surface area contributed by atoms with Crippen molar-refractivity contribution in [2.45, 2.75) is 175 Å². The lowest BCUT2D eigenvalue weighted by molar-refractivity contribution is -0.274. The fraction of sp³-hybridized carbons (Fsp3) is 0.943. The molecule has 1 fully saturated rings. The van der Waals surface area contributed by atoms with Crippen LogP contribution in [0.4, 0.5) is 0 Å². The molecule has 0 unspecified atom stereocenters. The van der Waals surface area contributed by atoms with Gasteiger partial charge in [0.1, 0.15) is 6.10 Å². The molecule has 7 nitrogen and oxygen atoms in total. The second-order valence-corrected chi connectivity index (χ2v) is 12.8. The van der Waals surface area contributed by atoms with Crippen LogP contribution >= 0.6 is 0 Å². The van der Waals surface area contributed by atoms with Crippen LogP contribution in [-0.4, -0.2) is 60.9 Å². The summed E-state index contributed by atoms with van der Waals surface area (Å²) < 4.78 is 6.18. The number of hydrogen-bond donors (Lipinski definition) is 1. The number of rotatable bonds is 28. The molecule has 248 valence electrons. The molecule has 0 radical (unpaired) electrons. The van der Waals surface area contributed by atoms with Crippen LogP contribution in [0.5, 0.6) is 0 Å². The minimum absolute atomic E-state index is 0.0284. The smallest absolute Gasteiger partial charge is 0.342 e. The number of carbonyl (C=O) groups is 2. The van der Waals surface area contributed by atoms with Crippen LogP contribution in [0.15, 0.2) is 0 Å². The van der Waals surface area contributed by atoms with Crippen molar-refractivity contribution in [3.63, 3.8) is 0 Å². The number of piperidine rings is 1. The van der Waals surface area contributed by atoms with Gasteiger partial charge >= 0.3 is 11.9 Å². The normalized spacial score (nSPS) is 15.3. The van der Waals surface area contributed by atoms with Gasteiger partial charge in [-0.2, -0.15) is 4.89 Å². The minimum Gasteiger partial charge on any atom is -0.462 e. The molecule has 1 heterocycles. The summed E-state index contributed by atoms with van der Waals surface area (Å²) in [5, 5.41) is 9.14. The Hall–Kier alpha value is -1.18. The van der Waals surface area contributed by atoms with E-state index in [1.165, 1.54) is 64.2 Å². The van der Waals surface area contributed by atoms with E-state index >= 15 is 0 Å². The number of esters is 1. The Morgan fingerprint density at radius 1 is 0.690 bits per heavy atom. The SMILES string of the molecule is CCCCCCCCC(CCCCCCCC)OC(=O)CC1(CC(=O)OOCCCCC)CCN(CCCCO)CC1. The van der Waals surface area contributed by atoms with Crippen LogP contribution < -0.4 is 0 Å². The zero-order valence-corrected chi connectivity index (χ0v) is 27.8. The van der Waals surface area contributed by atoms with Gasteiger partial charge in [-0.3, -0.25) is 9.68 Å². The van der Waals surface area contributed by atoms with Gasteiger partial charge < -0.3 is 14.7 Å². The van der Waals surface area contributed by atoms with Crippen LogP contribution in [0.25, 0.3) is 0 Å². The molecule has 0 saturated carbocycles. The Bertz CT molecular complexity index is 633. The maximum absolute atomic E-state index is 13.4. The molecule has 0 aromatic carbocycles. The highest BCUT2D eigenvalue weighted by molar-refractivity contribution is 5.74. The molecule has 1 aliphatic rings. The summed E-state index contributed by atoms with van der Waals surface area (Å²) >= 11 is 0. The molecule has 0 atom stereocenters. The summed E-state index contributed by atoms with van der Waals surface area (Å²) in [5.74, 6) is -0.550. The van der Waals surface area contributed by atoms with Gasteiger partial charge in [-0.1, -0.05) is 97.8 Å². The zero-order valence-electron chi connectivity index (χ0n) is 27.8. The van der Waals surface area contributed by atoms with Crippen molar-refractivity contribution >= 4 is 11.9 Å². The largest absolute Gasteiger partial charge is 0.462 e. The van der Waals surface area contributed by atoms with E-state index in [1.54, 1.807) is 0 Å². The molecule has 0 aliphatic carbocycles. The second kappa shape index (κ2) is 26.2. The Balaban J connectivity index is 2.73. The highest BCUT2D eigenvalue weighted by atomic mass is 17.2. The van der Waals surface area contributed by atoms with E-state index in [9.17, 15) is 9.59 Å². The highest BCUT2D eigenvalue weighted by Gasteiger charge is 2.40. The first-order valence-corrected chi connectivity index (χ1v) is 17.8. The number of ether oxygens (including phenoxy) is 1. The molecule has 42 heavy (non-hydrogen) atoms. The van der Waals surface area contributed by atoms with E-state index in [-0.39, 0.29) is 37.5 Å². The number of hydrogen-bond acceptors (Lipinski definition) is 7. The third kappa shape index (κ3) is 19.9. The number of aliphatic hydroxyl groups excluding tert-OH is 1. The van der Waals surface area contributed by atoms with Crippen LogP contribution in [0.2, 0.25) is 0 Å². The summed E-state index contributed by atoms with van der Waals surface area (Å²) in [6.45, 7) is 9.83. The fourth-order valence-electron chi connectivity index (χ4n) is 6.07. The predicted octanol–water partition coefficient (Wildman–Crippen LogP) is 8.70. The zero-order chi connectivity index (χ0) is 30.7. The van der Waals surface area contributed by atoms with E-state index in [4.69, 9.17) is 19.6 Å². The Labute approximate surface area is 258 Å². The summed E-state index contributed by atoms with van der Waals surface area (Å²) in [4.78, 5) is 39.0. The number of nitrogens with zero attached hydrogens (tertiary/aromatic N) is 1. The monoisotopic (exact) mass is 597 g/mol. The Morgan fingerprint density at radius 2 is 1.21 bits per heavy atom. The molecular formula is C35H67NO6. The average Bonchev–Trinajstić information content (AvgIpc) is 2.97. The van der Waals surface area contributed by atoms with E-state index in [0.717, 1.165) is 90.3 Å². The molecule has 0 spiro atoms. The van der Waals surface area contributed by atoms with Gasteiger partial charge in [-0.05, 0) is 82.8 Å². The molecule has 0 aromatic heterocycles. The Morgan fingerprint density at radius 3 is 1.79 bits per heavy atom. The van der Waals surface area contributed by atoms with Crippen LogP contribution in [-0.2, 0) is 24.1 Å². The van der Waals surface area contributed by atoms with Crippen molar-refractivity contribution < 1.29 is 29.2 Å². The number of unbranched alkanes of at least 4 members (excludes halogenated alkanes) is 13. The number of likely N-dealkylation sites (tertiary alicyclic amines) is 1. The van der Waals surface area contributed by atoms with Gasteiger partial charge in [-0.15, -0.1) is 0 Å². The van der Waals surface area contributed by atoms with Crippen molar-refractivity contribution in [3.05, 3.63) is 0 Å². The lowest BCUT2D eigenvalue weighted by Gasteiger charge is -2.41. The van der Waals surface area contributed by atoms with E-state index in [1.807, 2.05) is 0 Å². The van der Waals surface area contributed by atoms with Crippen molar-refractivity contribution in [2.24, 2.45) is 5.41 Å². The second-order valence-electron chi connectivity index (χ2n) is 12.8. The van der Waals surface area contributed by atoms with Gasteiger partial charge in [0.15, 0.2) is 0 Å². The first-order valence-electron chi connectivity index (χ1n) is 17.8. The van der Waals surface area contributed by atoms with Crippen LogP contribution in [0.3, 0.4) is 0 Å². The van der Waals surface area contributed by atoms with Gasteiger partial charge in [0, 0.05) is 6.61 Å². The third-order valence-electron chi connectivity index (χ3n) is 8.88. The van der Waals surface area contributed by atoms with E-state index < -0.39 is 5.41 Å². The summed E-state index contributed by atoms with van der Waals surface area (Å²) in [7, 11) is 0.